The highest BCUT2D eigenvalue weighted by Gasteiger charge is 2.33. The first-order valence-electron chi connectivity index (χ1n) is 7.67. The van der Waals surface area contributed by atoms with Gasteiger partial charge in [0.15, 0.2) is 0 Å². The Bertz CT molecular complexity index is 599. The molecule has 2 rings (SSSR count). The van der Waals surface area contributed by atoms with E-state index in [0.29, 0.717) is 49.6 Å². The van der Waals surface area contributed by atoms with Crippen LogP contribution < -0.4 is 21.1 Å². The van der Waals surface area contributed by atoms with E-state index in [0.717, 1.165) is 0 Å². The van der Waals surface area contributed by atoms with Crippen LogP contribution in [0.4, 0.5) is 10.5 Å². The van der Waals surface area contributed by atoms with Gasteiger partial charge in [0.1, 0.15) is 5.75 Å². The van der Waals surface area contributed by atoms with Gasteiger partial charge in [0.05, 0.1) is 31.0 Å². The first-order valence-corrected chi connectivity index (χ1v) is 7.67. The minimum absolute atomic E-state index is 0.336. The molecule has 0 unspecified atom stereocenters. The maximum atomic E-state index is 12.3. The predicted molar refractivity (Wildman–Crippen MR) is 88.3 cm³/mol. The number of anilines is 1. The number of ether oxygens (including phenoxy) is 3. The van der Waals surface area contributed by atoms with Crippen molar-refractivity contribution in [1.29, 1.82) is 0 Å². The molecule has 1 aliphatic heterocycles. The molecule has 1 saturated heterocycles. The molecule has 8 nitrogen and oxygen atoms in total. The van der Waals surface area contributed by atoms with Gasteiger partial charge in [0.25, 0.3) is 0 Å². The number of esters is 1. The zero-order valence-electron chi connectivity index (χ0n) is 13.9. The Morgan fingerprint density at radius 2 is 2.00 bits per heavy atom. The van der Waals surface area contributed by atoms with Crippen molar-refractivity contribution in [2.75, 3.05) is 39.3 Å². The predicted octanol–water partition coefficient (Wildman–Crippen LogP) is 1.11. The Morgan fingerprint density at radius 1 is 1.29 bits per heavy atom. The second-order valence-electron chi connectivity index (χ2n) is 5.58. The summed E-state index contributed by atoms with van der Waals surface area (Å²) in [6, 6.07) is 4.27. The number of rotatable bonds is 5. The molecule has 24 heavy (non-hydrogen) atoms. The molecular weight excluding hydrogens is 314 g/mol. The number of benzene rings is 1. The standard InChI is InChI=1S/C16H23N3O5/c1-22-13-9-11(14(20)23-2)3-4-12(13)18-15(21)19-16(10-17)5-7-24-8-6-16/h3-4,9H,5-8,10,17H2,1-2H3,(H2,18,19,21). The van der Waals surface area contributed by atoms with E-state index < -0.39 is 11.5 Å². The van der Waals surface area contributed by atoms with Crippen molar-refractivity contribution in [2.45, 2.75) is 18.4 Å². The molecule has 0 bridgehead atoms. The molecule has 4 N–H and O–H groups in total. The highest BCUT2D eigenvalue weighted by Crippen LogP contribution is 2.26. The number of carbonyl (C=O) groups is 2. The van der Waals surface area contributed by atoms with Crippen LogP contribution in [0.2, 0.25) is 0 Å². The van der Waals surface area contributed by atoms with Gasteiger partial charge in [-0.25, -0.2) is 9.59 Å². The van der Waals surface area contributed by atoms with Crippen molar-refractivity contribution >= 4 is 17.7 Å². The van der Waals surface area contributed by atoms with Crippen molar-refractivity contribution in [2.24, 2.45) is 5.73 Å². The van der Waals surface area contributed by atoms with Gasteiger partial charge in [-0.15, -0.1) is 0 Å². The van der Waals surface area contributed by atoms with Gasteiger partial charge in [-0.3, -0.25) is 0 Å². The average molecular weight is 337 g/mol. The number of methoxy groups -OCH3 is 2. The SMILES string of the molecule is COC(=O)c1ccc(NC(=O)NC2(CN)CCOCC2)c(OC)c1. The van der Waals surface area contributed by atoms with Crippen molar-refractivity contribution < 1.29 is 23.8 Å². The third kappa shape index (κ3) is 4.15. The average Bonchev–Trinajstić information content (AvgIpc) is 2.62. The molecule has 0 aromatic heterocycles. The number of carbonyl (C=O) groups excluding carboxylic acids is 2. The first-order chi connectivity index (χ1) is 11.5. The fourth-order valence-corrected chi connectivity index (χ4v) is 2.58. The lowest BCUT2D eigenvalue weighted by Gasteiger charge is -2.36. The van der Waals surface area contributed by atoms with Gasteiger partial charge >= 0.3 is 12.0 Å². The Morgan fingerprint density at radius 3 is 2.58 bits per heavy atom. The molecule has 8 heteroatoms. The summed E-state index contributed by atoms with van der Waals surface area (Å²) in [7, 11) is 2.76. The minimum atomic E-state index is -0.478. The summed E-state index contributed by atoms with van der Waals surface area (Å²) in [5, 5.41) is 5.66. The summed E-state index contributed by atoms with van der Waals surface area (Å²) in [6.07, 6.45) is 1.32. The fraction of sp³-hybridized carbons (Fsp3) is 0.500. The number of hydrogen-bond donors (Lipinski definition) is 3. The van der Waals surface area contributed by atoms with Crippen molar-refractivity contribution in [3.63, 3.8) is 0 Å². The molecule has 2 amide bonds. The summed E-state index contributed by atoms with van der Waals surface area (Å²) >= 11 is 0. The highest BCUT2D eigenvalue weighted by atomic mass is 16.5. The van der Waals surface area contributed by atoms with Crippen LogP contribution in [0.15, 0.2) is 18.2 Å². The number of hydrogen-bond acceptors (Lipinski definition) is 6. The lowest BCUT2D eigenvalue weighted by Crippen LogP contribution is -2.57. The van der Waals surface area contributed by atoms with E-state index in [-0.39, 0.29) is 6.03 Å². The quantitative estimate of drug-likeness (QED) is 0.694. The number of amides is 2. The Labute approximate surface area is 140 Å². The molecule has 1 heterocycles. The molecule has 1 aliphatic rings. The molecule has 1 aromatic carbocycles. The molecule has 1 aromatic rings. The zero-order valence-corrected chi connectivity index (χ0v) is 13.9. The van der Waals surface area contributed by atoms with Crippen LogP contribution in [-0.4, -0.2) is 51.5 Å². The van der Waals surface area contributed by atoms with Crippen LogP contribution in [-0.2, 0) is 9.47 Å². The van der Waals surface area contributed by atoms with Gasteiger partial charge in [-0.2, -0.15) is 0 Å². The normalized spacial score (nSPS) is 16.1. The summed E-state index contributed by atoms with van der Waals surface area (Å²) in [6.45, 7) is 1.46. The van der Waals surface area contributed by atoms with E-state index in [2.05, 4.69) is 15.4 Å². The van der Waals surface area contributed by atoms with Crippen LogP contribution in [0.1, 0.15) is 23.2 Å². The second kappa shape index (κ2) is 7.98. The van der Waals surface area contributed by atoms with E-state index in [1.54, 1.807) is 12.1 Å². The second-order valence-corrected chi connectivity index (χ2v) is 5.58. The van der Waals surface area contributed by atoms with E-state index >= 15 is 0 Å². The lowest BCUT2D eigenvalue weighted by atomic mass is 9.90. The Hall–Kier alpha value is -2.32. The van der Waals surface area contributed by atoms with Gasteiger partial charge in [0, 0.05) is 19.8 Å². The summed E-state index contributed by atoms with van der Waals surface area (Å²) in [5.74, 6) is -0.115. The maximum absolute atomic E-state index is 12.3. The van der Waals surface area contributed by atoms with E-state index in [9.17, 15) is 9.59 Å². The van der Waals surface area contributed by atoms with Crippen LogP contribution >= 0.6 is 0 Å². The van der Waals surface area contributed by atoms with Crippen molar-refractivity contribution in [1.82, 2.24) is 5.32 Å². The van der Waals surface area contributed by atoms with Gasteiger partial charge in [0.2, 0.25) is 0 Å². The third-order valence-electron chi connectivity index (χ3n) is 4.09. The molecule has 132 valence electrons. The van der Waals surface area contributed by atoms with E-state index in [1.807, 2.05) is 0 Å². The maximum Gasteiger partial charge on any atom is 0.337 e. The fourth-order valence-electron chi connectivity index (χ4n) is 2.58. The third-order valence-corrected chi connectivity index (χ3v) is 4.09. The Kier molecular flexibility index (Phi) is 5.99. The molecule has 1 fully saturated rings. The summed E-state index contributed by atoms with van der Waals surface area (Å²) in [5.41, 5.74) is 6.14. The number of nitrogens with one attached hydrogen (secondary N) is 2. The van der Waals surface area contributed by atoms with Crippen molar-refractivity contribution in [3.8, 4) is 5.75 Å². The van der Waals surface area contributed by atoms with Gasteiger partial charge in [-0.1, -0.05) is 0 Å². The summed E-state index contributed by atoms with van der Waals surface area (Å²) < 4.78 is 15.2. The minimum Gasteiger partial charge on any atom is -0.495 e. The van der Waals surface area contributed by atoms with Crippen LogP contribution in [0.25, 0.3) is 0 Å². The molecule has 0 spiro atoms. The van der Waals surface area contributed by atoms with E-state index in [1.165, 1.54) is 20.3 Å². The first kappa shape index (κ1) is 18.0. The molecular formula is C16H23N3O5. The Balaban J connectivity index is 2.09. The van der Waals surface area contributed by atoms with E-state index in [4.69, 9.17) is 15.2 Å². The number of urea groups is 1. The van der Waals surface area contributed by atoms with Gasteiger partial charge in [-0.05, 0) is 31.0 Å². The topological polar surface area (TPSA) is 112 Å². The molecule has 0 aliphatic carbocycles. The lowest BCUT2D eigenvalue weighted by molar-refractivity contribution is 0.0462. The smallest absolute Gasteiger partial charge is 0.337 e. The molecule has 0 atom stereocenters. The monoisotopic (exact) mass is 337 g/mol. The number of nitrogens with two attached hydrogens (primary N) is 1. The highest BCUT2D eigenvalue weighted by molar-refractivity contribution is 5.94. The zero-order chi connectivity index (χ0) is 17.6. The van der Waals surface area contributed by atoms with Crippen LogP contribution in [0, 0.1) is 0 Å². The largest absolute Gasteiger partial charge is 0.495 e. The molecule has 0 radical (unpaired) electrons. The van der Waals surface area contributed by atoms with Gasteiger partial charge < -0.3 is 30.6 Å². The van der Waals surface area contributed by atoms with Crippen LogP contribution in [0.5, 0.6) is 5.75 Å². The van der Waals surface area contributed by atoms with Crippen molar-refractivity contribution in [3.05, 3.63) is 23.8 Å². The summed E-state index contributed by atoms with van der Waals surface area (Å²) in [4.78, 5) is 23.9. The molecule has 0 saturated carbocycles. The van der Waals surface area contributed by atoms with Crippen LogP contribution in [0.3, 0.4) is 0 Å².